The molecule has 0 fully saturated rings. The molecule has 0 aliphatic rings. The van der Waals surface area contributed by atoms with Gasteiger partial charge in [0.15, 0.2) is 0 Å². The molecule has 0 aromatic carbocycles. The first kappa shape index (κ1) is 13.9. The molecule has 0 aliphatic heterocycles. The summed E-state index contributed by atoms with van der Waals surface area (Å²) in [6, 6.07) is 0. The van der Waals surface area contributed by atoms with Gasteiger partial charge in [-0.1, -0.05) is 0 Å². The molecule has 5 nitrogen and oxygen atoms in total. The number of hydrogen-bond acceptors (Lipinski definition) is 3. The number of hydrogen-bond donors (Lipinski definition) is 2. The van der Waals surface area contributed by atoms with Crippen molar-refractivity contribution < 1.29 is 19.4 Å². The number of rotatable bonds is 7. The number of carboxylic acid groups (broad SMARTS) is 1. The second-order valence-corrected chi connectivity index (χ2v) is 3.52. The molecule has 0 radical (unpaired) electrons. The molecule has 1 atom stereocenters. The van der Waals surface area contributed by atoms with Crippen LogP contribution in [-0.4, -0.2) is 37.2 Å². The minimum atomic E-state index is -1.36. The molecule has 1 unspecified atom stereocenters. The largest absolute Gasteiger partial charge is 0.480 e. The molecule has 0 bridgehead atoms. The van der Waals surface area contributed by atoms with Crippen molar-refractivity contribution in [1.29, 1.82) is 0 Å². The molecule has 0 aliphatic carbocycles. The van der Waals surface area contributed by atoms with Crippen LogP contribution in [0.1, 0.15) is 26.7 Å². The van der Waals surface area contributed by atoms with Crippen LogP contribution in [0, 0.1) is 5.41 Å². The van der Waals surface area contributed by atoms with Gasteiger partial charge in [0.05, 0.1) is 0 Å². The second kappa shape index (κ2) is 6.40. The third kappa shape index (κ3) is 3.87. The van der Waals surface area contributed by atoms with Crippen LogP contribution in [0.2, 0.25) is 0 Å². The lowest BCUT2D eigenvalue weighted by Gasteiger charge is -2.22. The van der Waals surface area contributed by atoms with Crippen molar-refractivity contribution >= 4 is 11.9 Å². The first-order valence-electron chi connectivity index (χ1n) is 5.02. The van der Waals surface area contributed by atoms with Gasteiger partial charge in [-0.15, -0.1) is 0 Å². The fraction of sp³-hybridized carbons (Fsp3) is 0.800. The lowest BCUT2D eigenvalue weighted by molar-refractivity contribution is -0.155. The standard InChI is InChI=1S/C10H19NO4/c1-4-15-7-5-6-10(2,9(13)14)8(12)11-3/h4-7H2,1-3H3,(H,11,12)(H,13,14). The Hall–Kier alpha value is -1.10. The molecular weight excluding hydrogens is 198 g/mol. The van der Waals surface area contributed by atoms with Gasteiger partial charge in [-0.05, 0) is 26.7 Å². The number of ether oxygens (including phenoxy) is 1. The average Bonchev–Trinajstić information content (AvgIpc) is 2.22. The van der Waals surface area contributed by atoms with E-state index in [1.165, 1.54) is 14.0 Å². The molecule has 1 amide bonds. The van der Waals surface area contributed by atoms with Crippen LogP contribution in [0.25, 0.3) is 0 Å². The Morgan fingerprint density at radius 3 is 2.47 bits per heavy atom. The van der Waals surface area contributed by atoms with E-state index in [1.54, 1.807) is 0 Å². The quantitative estimate of drug-likeness (QED) is 0.484. The van der Waals surface area contributed by atoms with Gasteiger partial charge in [-0.2, -0.15) is 0 Å². The van der Waals surface area contributed by atoms with Crippen molar-refractivity contribution in [1.82, 2.24) is 5.32 Å². The first-order chi connectivity index (χ1) is 6.99. The molecule has 2 N–H and O–H groups in total. The molecule has 0 saturated heterocycles. The third-order valence-electron chi connectivity index (χ3n) is 2.37. The van der Waals surface area contributed by atoms with Crippen molar-refractivity contribution in [3.63, 3.8) is 0 Å². The van der Waals surface area contributed by atoms with E-state index in [9.17, 15) is 9.59 Å². The van der Waals surface area contributed by atoms with E-state index in [0.29, 0.717) is 19.6 Å². The van der Waals surface area contributed by atoms with Crippen LogP contribution < -0.4 is 5.32 Å². The van der Waals surface area contributed by atoms with Gasteiger partial charge in [0.1, 0.15) is 5.41 Å². The first-order valence-corrected chi connectivity index (χ1v) is 5.02. The van der Waals surface area contributed by atoms with E-state index >= 15 is 0 Å². The summed E-state index contributed by atoms with van der Waals surface area (Å²) in [6.45, 7) is 4.38. The van der Waals surface area contributed by atoms with E-state index in [1.807, 2.05) is 6.92 Å². The molecule has 5 heteroatoms. The Kier molecular flexibility index (Phi) is 5.93. The van der Waals surface area contributed by atoms with E-state index in [2.05, 4.69) is 5.32 Å². The maximum absolute atomic E-state index is 11.4. The number of carbonyl (C=O) groups is 2. The summed E-state index contributed by atoms with van der Waals surface area (Å²) >= 11 is 0. The Bertz CT molecular complexity index is 229. The highest BCUT2D eigenvalue weighted by Gasteiger charge is 2.39. The maximum atomic E-state index is 11.4. The molecule has 0 aromatic heterocycles. The number of carboxylic acids is 1. The minimum absolute atomic E-state index is 0.280. The highest BCUT2D eigenvalue weighted by atomic mass is 16.5. The average molecular weight is 217 g/mol. The number of aliphatic carboxylic acids is 1. The van der Waals surface area contributed by atoms with Gasteiger partial charge in [0.25, 0.3) is 0 Å². The van der Waals surface area contributed by atoms with Crippen molar-refractivity contribution in [2.45, 2.75) is 26.7 Å². The summed E-state index contributed by atoms with van der Waals surface area (Å²) in [5.74, 6) is -1.56. The maximum Gasteiger partial charge on any atom is 0.318 e. The Balaban J connectivity index is 4.27. The summed E-state index contributed by atoms with van der Waals surface area (Å²) in [7, 11) is 1.44. The Morgan fingerprint density at radius 2 is 2.07 bits per heavy atom. The monoisotopic (exact) mass is 217 g/mol. The van der Waals surface area contributed by atoms with Gasteiger partial charge in [0, 0.05) is 20.3 Å². The van der Waals surface area contributed by atoms with E-state index in [-0.39, 0.29) is 6.42 Å². The third-order valence-corrected chi connectivity index (χ3v) is 2.37. The smallest absolute Gasteiger partial charge is 0.318 e. The Labute approximate surface area is 89.8 Å². The molecule has 0 spiro atoms. The van der Waals surface area contributed by atoms with E-state index < -0.39 is 17.3 Å². The van der Waals surface area contributed by atoms with Gasteiger partial charge >= 0.3 is 5.97 Å². The zero-order valence-corrected chi connectivity index (χ0v) is 9.50. The number of carbonyl (C=O) groups excluding carboxylic acids is 1. The highest BCUT2D eigenvalue weighted by molar-refractivity contribution is 6.01. The van der Waals surface area contributed by atoms with Crippen molar-refractivity contribution in [2.75, 3.05) is 20.3 Å². The van der Waals surface area contributed by atoms with Crippen molar-refractivity contribution in [2.24, 2.45) is 5.41 Å². The van der Waals surface area contributed by atoms with Gasteiger partial charge < -0.3 is 15.2 Å². The molecule has 0 rings (SSSR count). The molecule has 15 heavy (non-hydrogen) atoms. The van der Waals surface area contributed by atoms with Crippen LogP contribution in [0.15, 0.2) is 0 Å². The molecule has 0 saturated carbocycles. The van der Waals surface area contributed by atoms with Gasteiger partial charge in [-0.25, -0.2) is 0 Å². The molecule has 0 heterocycles. The van der Waals surface area contributed by atoms with Crippen LogP contribution in [0.3, 0.4) is 0 Å². The predicted molar refractivity (Wildman–Crippen MR) is 55.5 cm³/mol. The van der Waals surface area contributed by atoms with Crippen LogP contribution in [-0.2, 0) is 14.3 Å². The molecule has 88 valence electrons. The van der Waals surface area contributed by atoms with Crippen LogP contribution in [0.5, 0.6) is 0 Å². The van der Waals surface area contributed by atoms with Crippen molar-refractivity contribution in [3.05, 3.63) is 0 Å². The molecular formula is C10H19NO4. The minimum Gasteiger partial charge on any atom is -0.480 e. The fourth-order valence-corrected chi connectivity index (χ4v) is 1.27. The molecule has 0 aromatic rings. The lowest BCUT2D eigenvalue weighted by atomic mass is 9.84. The van der Waals surface area contributed by atoms with Crippen LogP contribution >= 0.6 is 0 Å². The predicted octanol–water partition coefficient (Wildman–Crippen LogP) is 0.640. The summed E-state index contributed by atoms with van der Waals surface area (Å²) in [4.78, 5) is 22.4. The van der Waals surface area contributed by atoms with Crippen molar-refractivity contribution in [3.8, 4) is 0 Å². The zero-order chi connectivity index (χ0) is 11.9. The normalized spacial score (nSPS) is 14.3. The summed E-state index contributed by atoms with van der Waals surface area (Å²) < 4.78 is 5.10. The SMILES string of the molecule is CCOCCCC(C)(C(=O)O)C(=O)NC. The highest BCUT2D eigenvalue weighted by Crippen LogP contribution is 2.23. The fourth-order valence-electron chi connectivity index (χ4n) is 1.27. The second-order valence-electron chi connectivity index (χ2n) is 3.52. The summed E-state index contributed by atoms with van der Waals surface area (Å²) in [5, 5.41) is 11.4. The topological polar surface area (TPSA) is 75.6 Å². The number of nitrogens with one attached hydrogen (secondary N) is 1. The lowest BCUT2D eigenvalue weighted by Crippen LogP contribution is -2.43. The van der Waals surface area contributed by atoms with Gasteiger partial charge in [-0.3, -0.25) is 9.59 Å². The zero-order valence-electron chi connectivity index (χ0n) is 9.50. The van der Waals surface area contributed by atoms with Crippen LogP contribution in [0.4, 0.5) is 0 Å². The number of amides is 1. The van der Waals surface area contributed by atoms with E-state index in [4.69, 9.17) is 9.84 Å². The Morgan fingerprint density at radius 1 is 1.47 bits per heavy atom. The van der Waals surface area contributed by atoms with Gasteiger partial charge in [0.2, 0.25) is 5.91 Å². The summed E-state index contributed by atoms with van der Waals surface area (Å²) in [5.41, 5.74) is -1.36. The van der Waals surface area contributed by atoms with E-state index in [0.717, 1.165) is 0 Å². The summed E-state index contributed by atoms with van der Waals surface area (Å²) in [6.07, 6.45) is 0.839.